The molecule has 8 heteroatoms. The molecule has 2 unspecified atom stereocenters. The third-order valence-corrected chi connectivity index (χ3v) is 3.56. The number of hydrogen-bond donors (Lipinski definition) is 3. The summed E-state index contributed by atoms with van der Waals surface area (Å²) < 4.78 is 5.02. The average Bonchev–Trinajstić information content (AvgIpc) is 2.33. The van der Waals surface area contributed by atoms with Crippen LogP contribution in [0, 0.1) is 0 Å². The van der Waals surface area contributed by atoms with Gasteiger partial charge in [0, 0.05) is 7.05 Å². The molecule has 0 aromatic carbocycles. The molecule has 21 heavy (non-hydrogen) atoms. The van der Waals surface area contributed by atoms with Crippen LogP contribution in [-0.4, -0.2) is 52.8 Å². The van der Waals surface area contributed by atoms with Crippen molar-refractivity contribution in [3.05, 3.63) is 0 Å². The number of ether oxygens (including phenoxy) is 1. The molecular formula is C13H24N2O5S. The molecule has 0 bridgehead atoms. The van der Waals surface area contributed by atoms with Crippen molar-refractivity contribution in [2.45, 2.75) is 51.0 Å². The van der Waals surface area contributed by atoms with E-state index in [2.05, 4.69) is 10.6 Å². The normalized spacial score (nSPS) is 14.0. The predicted octanol–water partition coefficient (Wildman–Crippen LogP) is 1.22. The third-order valence-electron chi connectivity index (χ3n) is 2.38. The molecule has 0 saturated carbocycles. The molecule has 0 fully saturated rings. The maximum absolute atomic E-state index is 11.6. The number of carbonyl (C=O) groups is 3. The molecule has 0 aliphatic carbocycles. The molecule has 0 rings (SSSR count). The monoisotopic (exact) mass is 320 g/mol. The van der Waals surface area contributed by atoms with Gasteiger partial charge < -0.3 is 20.5 Å². The van der Waals surface area contributed by atoms with Gasteiger partial charge in [0.2, 0.25) is 5.91 Å². The number of amides is 2. The first-order chi connectivity index (χ1) is 9.56. The Bertz CT molecular complexity index is 381. The highest BCUT2D eigenvalue weighted by atomic mass is 32.2. The number of carbonyl (C=O) groups excluding carboxylic acids is 2. The lowest BCUT2D eigenvalue weighted by atomic mass is 10.2. The molecule has 7 nitrogen and oxygen atoms in total. The van der Waals surface area contributed by atoms with Crippen LogP contribution in [0.5, 0.6) is 0 Å². The van der Waals surface area contributed by atoms with E-state index >= 15 is 0 Å². The van der Waals surface area contributed by atoms with Gasteiger partial charge in [-0.3, -0.25) is 4.79 Å². The van der Waals surface area contributed by atoms with E-state index in [9.17, 15) is 14.4 Å². The molecule has 0 aromatic rings. The number of alkyl carbamates (subject to hydrolysis) is 1. The van der Waals surface area contributed by atoms with Crippen LogP contribution in [0.1, 0.15) is 34.1 Å². The van der Waals surface area contributed by atoms with Crippen molar-refractivity contribution < 1.29 is 24.2 Å². The lowest BCUT2D eigenvalue weighted by Crippen LogP contribution is -2.43. The Morgan fingerprint density at radius 1 is 1.29 bits per heavy atom. The standard InChI is InChI=1S/C13H24N2O5S/c1-8(10(16)14-5)21-7-6-9(11(17)18)15-12(19)20-13(2,3)4/h8-9H,6-7H2,1-5H3,(H,14,16)(H,15,19)(H,17,18). The Morgan fingerprint density at radius 2 is 1.86 bits per heavy atom. The second-order valence-corrected chi connectivity index (χ2v) is 6.90. The largest absolute Gasteiger partial charge is 0.480 e. The molecule has 2 atom stereocenters. The summed E-state index contributed by atoms with van der Waals surface area (Å²) in [6.07, 6.45) is -0.556. The van der Waals surface area contributed by atoms with Gasteiger partial charge in [-0.1, -0.05) is 0 Å². The second-order valence-electron chi connectivity index (χ2n) is 5.45. The van der Waals surface area contributed by atoms with E-state index < -0.39 is 23.7 Å². The minimum atomic E-state index is -1.13. The average molecular weight is 320 g/mol. The van der Waals surface area contributed by atoms with Crippen LogP contribution in [0.2, 0.25) is 0 Å². The molecule has 0 aliphatic rings. The zero-order chi connectivity index (χ0) is 16.6. The van der Waals surface area contributed by atoms with E-state index in [0.29, 0.717) is 5.75 Å². The fourth-order valence-corrected chi connectivity index (χ4v) is 2.34. The van der Waals surface area contributed by atoms with E-state index in [-0.39, 0.29) is 17.6 Å². The Hall–Kier alpha value is -1.44. The summed E-state index contributed by atoms with van der Waals surface area (Å²) in [4.78, 5) is 34.0. The van der Waals surface area contributed by atoms with Crippen molar-refractivity contribution in [2.24, 2.45) is 0 Å². The van der Waals surface area contributed by atoms with Crippen LogP contribution in [0.25, 0.3) is 0 Å². The fraction of sp³-hybridized carbons (Fsp3) is 0.769. The van der Waals surface area contributed by atoms with Gasteiger partial charge in [0.25, 0.3) is 0 Å². The Labute approximate surface area is 129 Å². The number of rotatable bonds is 7. The molecular weight excluding hydrogens is 296 g/mol. The SMILES string of the molecule is CNC(=O)C(C)SCCC(NC(=O)OC(C)(C)C)C(=O)O. The van der Waals surface area contributed by atoms with Crippen LogP contribution in [0.4, 0.5) is 4.79 Å². The molecule has 0 aliphatic heterocycles. The van der Waals surface area contributed by atoms with Crippen LogP contribution in [-0.2, 0) is 14.3 Å². The van der Waals surface area contributed by atoms with Crippen molar-refractivity contribution in [2.75, 3.05) is 12.8 Å². The zero-order valence-electron chi connectivity index (χ0n) is 13.1. The van der Waals surface area contributed by atoms with Gasteiger partial charge in [-0.2, -0.15) is 0 Å². The van der Waals surface area contributed by atoms with Gasteiger partial charge >= 0.3 is 12.1 Å². The fourth-order valence-electron chi connectivity index (χ4n) is 1.35. The van der Waals surface area contributed by atoms with Crippen molar-refractivity contribution in [1.29, 1.82) is 0 Å². The Balaban J connectivity index is 4.30. The lowest BCUT2D eigenvalue weighted by Gasteiger charge is -2.22. The number of thioether (sulfide) groups is 1. The smallest absolute Gasteiger partial charge is 0.408 e. The first-order valence-corrected chi connectivity index (χ1v) is 7.67. The topological polar surface area (TPSA) is 105 Å². The second kappa shape index (κ2) is 8.76. The summed E-state index contributed by atoms with van der Waals surface area (Å²) in [6.45, 7) is 6.83. The third kappa shape index (κ3) is 9.17. The Kier molecular flexibility index (Phi) is 8.16. The molecule has 0 spiro atoms. The maximum Gasteiger partial charge on any atom is 0.408 e. The van der Waals surface area contributed by atoms with E-state index in [1.807, 2.05) is 0 Å². The number of carboxylic acids is 1. The van der Waals surface area contributed by atoms with E-state index in [1.54, 1.807) is 34.7 Å². The van der Waals surface area contributed by atoms with E-state index in [4.69, 9.17) is 9.84 Å². The summed E-state index contributed by atoms with van der Waals surface area (Å²) in [5.41, 5.74) is -0.685. The summed E-state index contributed by atoms with van der Waals surface area (Å²) >= 11 is 1.33. The molecule has 0 aromatic heterocycles. The highest BCUT2D eigenvalue weighted by Crippen LogP contribution is 2.13. The van der Waals surface area contributed by atoms with E-state index in [0.717, 1.165) is 0 Å². The van der Waals surface area contributed by atoms with Crippen LogP contribution in [0.15, 0.2) is 0 Å². The predicted molar refractivity (Wildman–Crippen MR) is 81.4 cm³/mol. The number of nitrogens with one attached hydrogen (secondary N) is 2. The number of hydrogen-bond acceptors (Lipinski definition) is 5. The van der Waals surface area contributed by atoms with Gasteiger partial charge in [0.15, 0.2) is 0 Å². The molecule has 0 radical (unpaired) electrons. The first-order valence-electron chi connectivity index (χ1n) is 6.62. The lowest BCUT2D eigenvalue weighted by molar-refractivity contribution is -0.139. The summed E-state index contributed by atoms with van der Waals surface area (Å²) in [7, 11) is 1.55. The summed E-state index contributed by atoms with van der Waals surface area (Å²) in [6, 6.07) is -1.04. The number of aliphatic carboxylic acids is 1. The van der Waals surface area contributed by atoms with Crippen LogP contribution >= 0.6 is 11.8 Å². The van der Waals surface area contributed by atoms with Gasteiger partial charge in [-0.05, 0) is 39.9 Å². The van der Waals surface area contributed by atoms with Gasteiger partial charge in [-0.25, -0.2) is 9.59 Å². The quantitative estimate of drug-likeness (QED) is 0.651. The minimum Gasteiger partial charge on any atom is -0.480 e. The van der Waals surface area contributed by atoms with Gasteiger partial charge in [0.1, 0.15) is 11.6 Å². The minimum absolute atomic E-state index is 0.119. The van der Waals surface area contributed by atoms with Crippen molar-refractivity contribution in [1.82, 2.24) is 10.6 Å². The van der Waals surface area contributed by atoms with Crippen molar-refractivity contribution >= 4 is 29.7 Å². The summed E-state index contributed by atoms with van der Waals surface area (Å²) in [5.74, 6) is -0.817. The first kappa shape index (κ1) is 19.6. The molecule has 122 valence electrons. The molecule has 3 N–H and O–H groups in total. The Morgan fingerprint density at radius 3 is 2.29 bits per heavy atom. The van der Waals surface area contributed by atoms with Gasteiger partial charge in [-0.15, -0.1) is 11.8 Å². The van der Waals surface area contributed by atoms with Gasteiger partial charge in [0.05, 0.1) is 5.25 Å². The zero-order valence-corrected chi connectivity index (χ0v) is 13.9. The van der Waals surface area contributed by atoms with Crippen LogP contribution < -0.4 is 10.6 Å². The number of carboxylic acid groups (broad SMARTS) is 1. The highest BCUT2D eigenvalue weighted by molar-refractivity contribution is 8.00. The maximum atomic E-state index is 11.6. The van der Waals surface area contributed by atoms with E-state index in [1.165, 1.54) is 11.8 Å². The molecule has 0 heterocycles. The van der Waals surface area contributed by atoms with Crippen molar-refractivity contribution in [3.63, 3.8) is 0 Å². The summed E-state index contributed by atoms with van der Waals surface area (Å²) in [5, 5.41) is 13.6. The molecule has 2 amide bonds. The highest BCUT2D eigenvalue weighted by Gasteiger charge is 2.24. The van der Waals surface area contributed by atoms with Crippen LogP contribution in [0.3, 0.4) is 0 Å². The van der Waals surface area contributed by atoms with Crippen molar-refractivity contribution in [3.8, 4) is 0 Å². The molecule has 0 saturated heterocycles.